The zero-order valence-electron chi connectivity index (χ0n) is 8.53. The Hall–Kier alpha value is -1.65. The summed E-state index contributed by atoms with van der Waals surface area (Å²) in [6.07, 6.45) is 3.84. The van der Waals surface area contributed by atoms with Gasteiger partial charge in [0.15, 0.2) is 0 Å². The third kappa shape index (κ3) is 1.77. The molecule has 1 saturated carbocycles. The second-order valence-corrected chi connectivity index (χ2v) is 3.89. The standard InChI is InChI=1S/C10H13N3O2/c1-7-3-6-11-9(12-7)13-10(8(14)15)4-2-5-10/h3,6H,2,4-5H2,1H3,(H,14,15)(H,11,12,13). The maximum absolute atomic E-state index is 11.1. The SMILES string of the molecule is Cc1ccnc(NC2(C(=O)O)CCC2)n1. The van der Waals surface area contributed by atoms with Gasteiger partial charge in [-0.1, -0.05) is 0 Å². The molecule has 0 aromatic carbocycles. The van der Waals surface area contributed by atoms with Gasteiger partial charge in [0, 0.05) is 11.9 Å². The molecule has 0 aliphatic heterocycles. The van der Waals surface area contributed by atoms with E-state index in [1.165, 1.54) is 0 Å². The van der Waals surface area contributed by atoms with E-state index in [2.05, 4.69) is 15.3 Å². The van der Waals surface area contributed by atoms with Crippen molar-refractivity contribution >= 4 is 11.9 Å². The van der Waals surface area contributed by atoms with E-state index in [0.717, 1.165) is 12.1 Å². The molecule has 0 saturated heterocycles. The minimum Gasteiger partial charge on any atom is -0.480 e. The van der Waals surface area contributed by atoms with Crippen LogP contribution in [0, 0.1) is 6.92 Å². The number of nitrogens with one attached hydrogen (secondary N) is 1. The molecule has 0 unspecified atom stereocenters. The first-order chi connectivity index (χ1) is 7.12. The molecule has 1 aliphatic carbocycles. The van der Waals surface area contributed by atoms with Gasteiger partial charge in [0.1, 0.15) is 5.54 Å². The Bertz CT molecular complexity index is 388. The van der Waals surface area contributed by atoms with Crippen LogP contribution in [0.2, 0.25) is 0 Å². The first kappa shape index (κ1) is 9.89. The fourth-order valence-electron chi connectivity index (χ4n) is 1.65. The minimum absolute atomic E-state index is 0.400. The van der Waals surface area contributed by atoms with Crippen LogP contribution in [0.3, 0.4) is 0 Å². The summed E-state index contributed by atoms with van der Waals surface area (Å²) in [4.78, 5) is 19.2. The van der Waals surface area contributed by atoms with Crippen molar-refractivity contribution in [3.8, 4) is 0 Å². The molecule has 1 aromatic heterocycles. The van der Waals surface area contributed by atoms with Crippen LogP contribution >= 0.6 is 0 Å². The van der Waals surface area contributed by atoms with Crippen molar-refractivity contribution in [2.75, 3.05) is 5.32 Å². The number of carboxylic acids is 1. The summed E-state index contributed by atoms with van der Waals surface area (Å²) < 4.78 is 0. The normalized spacial score (nSPS) is 17.9. The van der Waals surface area contributed by atoms with Crippen LogP contribution in [0.1, 0.15) is 25.0 Å². The van der Waals surface area contributed by atoms with E-state index in [1.54, 1.807) is 12.3 Å². The first-order valence-corrected chi connectivity index (χ1v) is 4.94. The number of anilines is 1. The lowest BCUT2D eigenvalue weighted by atomic mass is 9.77. The molecule has 5 nitrogen and oxygen atoms in total. The summed E-state index contributed by atoms with van der Waals surface area (Å²) in [7, 11) is 0. The Labute approximate surface area is 87.6 Å². The predicted octanol–water partition coefficient (Wildman–Crippen LogP) is 1.20. The number of rotatable bonds is 3. The maximum Gasteiger partial charge on any atom is 0.329 e. The van der Waals surface area contributed by atoms with Crippen LogP contribution in [-0.4, -0.2) is 26.6 Å². The monoisotopic (exact) mass is 207 g/mol. The van der Waals surface area contributed by atoms with Crippen molar-refractivity contribution in [2.24, 2.45) is 0 Å². The van der Waals surface area contributed by atoms with Crippen LogP contribution in [0.15, 0.2) is 12.3 Å². The van der Waals surface area contributed by atoms with Gasteiger partial charge in [-0.2, -0.15) is 0 Å². The van der Waals surface area contributed by atoms with Gasteiger partial charge in [0.25, 0.3) is 0 Å². The topological polar surface area (TPSA) is 75.1 Å². The molecular formula is C10H13N3O2. The average molecular weight is 207 g/mol. The molecule has 80 valence electrons. The fourth-order valence-corrected chi connectivity index (χ4v) is 1.65. The van der Waals surface area contributed by atoms with Gasteiger partial charge < -0.3 is 10.4 Å². The molecule has 2 rings (SSSR count). The lowest BCUT2D eigenvalue weighted by Gasteiger charge is -2.38. The van der Waals surface area contributed by atoms with E-state index in [9.17, 15) is 4.79 Å². The van der Waals surface area contributed by atoms with Crippen LogP contribution in [0.25, 0.3) is 0 Å². The summed E-state index contributed by atoms with van der Waals surface area (Å²) in [5.41, 5.74) is -0.0132. The molecule has 0 spiro atoms. The lowest BCUT2D eigenvalue weighted by Crippen LogP contribution is -2.52. The van der Waals surface area contributed by atoms with Crippen molar-refractivity contribution in [3.05, 3.63) is 18.0 Å². The number of carbonyl (C=O) groups is 1. The lowest BCUT2D eigenvalue weighted by molar-refractivity contribution is -0.145. The van der Waals surface area contributed by atoms with Gasteiger partial charge in [-0.25, -0.2) is 14.8 Å². The third-order valence-corrected chi connectivity index (χ3v) is 2.76. The summed E-state index contributed by atoms with van der Waals surface area (Å²) >= 11 is 0. The van der Waals surface area contributed by atoms with Gasteiger partial charge in [0.05, 0.1) is 0 Å². The quantitative estimate of drug-likeness (QED) is 0.779. The zero-order valence-corrected chi connectivity index (χ0v) is 8.53. The molecule has 0 atom stereocenters. The second-order valence-electron chi connectivity index (χ2n) is 3.89. The molecule has 1 fully saturated rings. The second kappa shape index (κ2) is 3.49. The molecule has 0 amide bonds. The molecule has 1 aromatic rings. The maximum atomic E-state index is 11.1. The highest BCUT2D eigenvalue weighted by Gasteiger charge is 2.45. The highest BCUT2D eigenvalue weighted by molar-refractivity contribution is 5.83. The Kier molecular flexibility index (Phi) is 2.30. The Balaban J connectivity index is 2.17. The highest BCUT2D eigenvalue weighted by atomic mass is 16.4. The largest absolute Gasteiger partial charge is 0.480 e. The fraction of sp³-hybridized carbons (Fsp3) is 0.500. The minimum atomic E-state index is -0.839. The molecule has 0 radical (unpaired) electrons. The van der Waals surface area contributed by atoms with Crippen LogP contribution in [0.5, 0.6) is 0 Å². The van der Waals surface area contributed by atoms with E-state index in [1.807, 2.05) is 6.92 Å². The summed E-state index contributed by atoms with van der Waals surface area (Å²) in [6.45, 7) is 1.85. The smallest absolute Gasteiger partial charge is 0.329 e. The van der Waals surface area contributed by atoms with Gasteiger partial charge in [0.2, 0.25) is 5.95 Å². The van der Waals surface area contributed by atoms with Gasteiger partial charge in [-0.15, -0.1) is 0 Å². The van der Waals surface area contributed by atoms with Crippen molar-refractivity contribution in [1.82, 2.24) is 9.97 Å². The van der Waals surface area contributed by atoms with Crippen molar-refractivity contribution in [2.45, 2.75) is 31.7 Å². The average Bonchev–Trinajstić information content (AvgIpc) is 2.11. The number of hydrogen-bond acceptors (Lipinski definition) is 4. The van der Waals surface area contributed by atoms with Crippen LogP contribution in [-0.2, 0) is 4.79 Å². The Morgan fingerprint density at radius 3 is 2.80 bits per heavy atom. The third-order valence-electron chi connectivity index (χ3n) is 2.76. The van der Waals surface area contributed by atoms with E-state index in [0.29, 0.717) is 18.8 Å². The van der Waals surface area contributed by atoms with Gasteiger partial charge in [-0.05, 0) is 32.3 Å². The molecule has 15 heavy (non-hydrogen) atoms. The number of nitrogens with zero attached hydrogens (tertiary/aromatic N) is 2. The molecule has 0 bridgehead atoms. The van der Waals surface area contributed by atoms with Crippen molar-refractivity contribution in [1.29, 1.82) is 0 Å². The molecule has 2 N–H and O–H groups in total. The number of aromatic nitrogens is 2. The van der Waals surface area contributed by atoms with E-state index < -0.39 is 11.5 Å². The number of aryl methyl sites for hydroxylation is 1. The summed E-state index contributed by atoms with van der Waals surface area (Å²) in [6, 6.07) is 1.78. The number of hydrogen-bond donors (Lipinski definition) is 2. The van der Waals surface area contributed by atoms with E-state index in [4.69, 9.17) is 5.11 Å². The summed E-state index contributed by atoms with van der Waals surface area (Å²) in [5.74, 6) is -0.420. The van der Waals surface area contributed by atoms with E-state index >= 15 is 0 Å². The summed E-state index contributed by atoms with van der Waals surface area (Å²) in [5, 5.41) is 12.0. The van der Waals surface area contributed by atoms with Crippen LogP contribution < -0.4 is 5.32 Å². The number of carboxylic acid groups (broad SMARTS) is 1. The van der Waals surface area contributed by atoms with Crippen molar-refractivity contribution in [3.63, 3.8) is 0 Å². The van der Waals surface area contributed by atoms with E-state index in [-0.39, 0.29) is 0 Å². The Morgan fingerprint density at radius 1 is 1.60 bits per heavy atom. The molecular weight excluding hydrogens is 194 g/mol. The predicted molar refractivity (Wildman–Crippen MR) is 54.6 cm³/mol. The first-order valence-electron chi connectivity index (χ1n) is 4.94. The Morgan fingerprint density at radius 2 is 2.33 bits per heavy atom. The molecule has 1 heterocycles. The number of aliphatic carboxylic acids is 1. The zero-order chi connectivity index (χ0) is 10.9. The van der Waals surface area contributed by atoms with Crippen LogP contribution in [0.4, 0.5) is 5.95 Å². The molecule has 1 aliphatic rings. The van der Waals surface area contributed by atoms with Gasteiger partial charge in [-0.3, -0.25) is 0 Å². The molecule has 5 heteroatoms. The van der Waals surface area contributed by atoms with Crippen molar-refractivity contribution < 1.29 is 9.90 Å². The highest BCUT2D eigenvalue weighted by Crippen LogP contribution is 2.34. The van der Waals surface area contributed by atoms with Gasteiger partial charge >= 0.3 is 5.97 Å².